The standard InChI is InChI=1S/C13H19N3O2/c1-17-9-7-15-13(14)16-11-6-8-18-12-5-3-2-4-10(11)12/h2-5,11H,6-9H2,1H3,(H3,14,15,16). The molecule has 1 aromatic rings. The largest absolute Gasteiger partial charge is 0.493 e. The van der Waals surface area contributed by atoms with Gasteiger partial charge in [-0.1, -0.05) is 18.2 Å². The fourth-order valence-electron chi connectivity index (χ4n) is 1.97. The third kappa shape index (κ3) is 3.13. The van der Waals surface area contributed by atoms with Crippen LogP contribution in [0.4, 0.5) is 0 Å². The number of fused-ring (bicyclic) bond motifs is 1. The van der Waals surface area contributed by atoms with Gasteiger partial charge in [-0.2, -0.15) is 0 Å². The molecule has 3 N–H and O–H groups in total. The van der Waals surface area contributed by atoms with E-state index in [9.17, 15) is 0 Å². The van der Waals surface area contributed by atoms with Gasteiger partial charge in [-0.3, -0.25) is 4.99 Å². The molecular formula is C13H19N3O2. The van der Waals surface area contributed by atoms with Crippen molar-refractivity contribution < 1.29 is 9.47 Å². The normalized spacial score (nSPS) is 18.9. The first-order valence-corrected chi connectivity index (χ1v) is 6.08. The van der Waals surface area contributed by atoms with Crippen molar-refractivity contribution in [1.29, 1.82) is 0 Å². The van der Waals surface area contributed by atoms with Crippen LogP contribution in [0.15, 0.2) is 29.3 Å². The fourth-order valence-corrected chi connectivity index (χ4v) is 1.97. The van der Waals surface area contributed by atoms with Crippen LogP contribution in [0.5, 0.6) is 5.75 Å². The van der Waals surface area contributed by atoms with Gasteiger partial charge >= 0.3 is 0 Å². The molecule has 0 aromatic heterocycles. The molecule has 0 saturated carbocycles. The number of hydrogen-bond donors (Lipinski definition) is 2. The Morgan fingerprint density at radius 3 is 3.22 bits per heavy atom. The summed E-state index contributed by atoms with van der Waals surface area (Å²) in [6, 6.07) is 8.16. The molecule has 2 rings (SSSR count). The summed E-state index contributed by atoms with van der Waals surface area (Å²) in [6.45, 7) is 1.84. The van der Waals surface area contributed by atoms with Crippen LogP contribution in [-0.4, -0.2) is 32.8 Å². The van der Waals surface area contributed by atoms with Gasteiger partial charge in [0.05, 0.1) is 25.8 Å². The van der Waals surface area contributed by atoms with Gasteiger partial charge in [0.2, 0.25) is 0 Å². The minimum atomic E-state index is 0.168. The molecule has 98 valence electrons. The highest BCUT2D eigenvalue weighted by Gasteiger charge is 2.20. The smallest absolute Gasteiger partial charge is 0.189 e. The van der Waals surface area contributed by atoms with Crippen LogP contribution in [0, 0.1) is 0 Å². The minimum absolute atomic E-state index is 0.168. The predicted molar refractivity (Wildman–Crippen MR) is 70.8 cm³/mol. The molecule has 0 spiro atoms. The van der Waals surface area contributed by atoms with E-state index in [0.717, 1.165) is 17.7 Å². The van der Waals surface area contributed by atoms with Crippen molar-refractivity contribution in [2.24, 2.45) is 10.7 Å². The number of nitrogens with two attached hydrogens (primary N) is 1. The molecule has 0 radical (unpaired) electrons. The zero-order chi connectivity index (χ0) is 12.8. The van der Waals surface area contributed by atoms with E-state index in [1.807, 2.05) is 18.2 Å². The Hall–Kier alpha value is -1.75. The maximum absolute atomic E-state index is 5.84. The summed E-state index contributed by atoms with van der Waals surface area (Å²) in [7, 11) is 1.65. The Labute approximate surface area is 107 Å². The van der Waals surface area contributed by atoms with Crippen LogP contribution in [-0.2, 0) is 4.74 Å². The maximum atomic E-state index is 5.84. The highest BCUT2D eigenvalue weighted by Crippen LogP contribution is 2.31. The zero-order valence-corrected chi connectivity index (χ0v) is 10.6. The summed E-state index contributed by atoms with van der Waals surface area (Å²) in [5, 5.41) is 3.23. The molecule has 1 unspecified atom stereocenters. The van der Waals surface area contributed by atoms with Gasteiger partial charge in [0.15, 0.2) is 5.96 Å². The Morgan fingerprint density at radius 2 is 2.39 bits per heavy atom. The van der Waals surface area contributed by atoms with Gasteiger partial charge in [0.1, 0.15) is 5.75 Å². The number of aliphatic imine (C=N–C) groups is 1. The van der Waals surface area contributed by atoms with Crippen LogP contribution >= 0.6 is 0 Å². The van der Waals surface area contributed by atoms with Gasteiger partial charge in [-0.15, -0.1) is 0 Å². The molecule has 5 nitrogen and oxygen atoms in total. The fraction of sp³-hybridized carbons (Fsp3) is 0.462. The molecule has 1 heterocycles. The number of benzene rings is 1. The van der Waals surface area contributed by atoms with E-state index < -0.39 is 0 Å². The zero-order valence-electron chi connectivity index (χ0n) is 10.6. The molecular weight excluding hydrogens is 230 g/mol. The van der Waals surface area contributed by atoms with Crippen molar-refractivity contribution in [2.45, 2.75) is 12.5 Å². The summed E-state index contributed by atoms with van der Waals surface area (Å²) < 4.78 is 10.5. The molecule has 1 aromatic carbocycles. The van der Waals surface area contributed by atoms with E-state index >= 15 is 0 Å². The lowest BCUT2D eigenvalue weighted by Crippen LogP contribution is -2.37. The van der Waals surface area contributed by atoms with E-state index in [4.69, 9.17) is 15.2 Å². The molecule has 0 aliphatic carbocycles. The number of nitrogens with one attached hydrogen (secondary N) is 1. The molecule has 1 aliphatic heterocycles. The van der Waals surface area contributed by atoms with Crippen molar-refractivity contribution in [3.63, 3.8) is 0 Å². The molecule has 0 amide bonds. The van der Waals surface area contributed by atoms with Crippen LogP contribution in [0.1, 0.15) is 18.0 Å². The maximum Gasteiger partial charge on any atom is 0.189 e. The van der Waals surface area contributed by atoms with Crippen LogP contribution < -0.4 is 15.8 Å². The van der Waals surface area contributed by atoms with Gasteiger partial charge < -0.3 is 20.5 Å². The monoisotopic (exact) mass is 249 g/mol. The number of rotatable bonds is 4. The first kappa shape index (κ1) is 12.7. The predicted octanol–water partition coefficient (Wildman–Crippen LogP) is 1.06. The van der Waals surface area contributed by atoms with Crippen molar-refractivity contribution in [3.8, 4) is 5.75 Å². The minimum Gasteiger partial charge on any atom is -0.493 e. The second kappa shape index (κ2) is 6.26. The van der Waals surface area contributed by atoms with Crippen LogP contribution in [0.3, 0.4) is 0 Å². The highest BCUT2D eigenvalue weighted by molar-refractivity contribution is 5.78. The number of para-hydroxylation sites is 1. The van der Waals surface area contributed by atoms with Crippen LogP contribution in [0.2, 0.25) is 0 Å². The number of guanidine groups is 1. The van der Waals surface area contributed by atoms with Crippen molar-refractivity contribution in [1.82, 2.24) is 5.32 Å². The summed E-state index contributed by atoms with van der Waals surface area (Å²) in [5.74, 6) is 1.37. The van der Waals surface area contributed by atoms with Crippen molar-refractivity contribution in [2.75, 3.05) is 26.9 Å². The molecule has 0 bridgehead atoms. The Balaban J connectivity index is 2.00. The lowest BCUT2D eigenvalue weighted by Gasteiger charge is -2.26. The second-order valence-electron chi connectivity index (χ2n) is 4.13. The van der Waals surface area contributed by atoms with E-state index in [-0.39, 0.29) is 6.04 Å². The van der Waals surface area contributed by atoms with Gasteiger partial charge in [0, 0.05) is 19.1 Å². The Bertz CT molecular complexity index is 420. The van der Waals surface area contributed by atoms with E-state index in [2.05, 4.69) is 16.4 Å². The summed E-state index contributed by atoms with van der Waals surface area (Å²) in [4.78, 5) is 4.20. The molecule has 0 saturated heterocycles. The average molecular weight is 249 g/mol. The first-order valence-electron chi connectivity index (χ1n) is 6.08. The number of methoxy groups -OCH3 is 1. The van der Waals surface area contributed by atoms with E-state index in [0.29, 0.717) is 25.7 Å². The number of ether oxygens (including phenoxy) is 2. The first-order chi connectivity index (χ1) is 8.81. The number of nitrogens with zero attached hydrogens (tertiary/aromatic N) is 1. The van der Waals surface area contributed by atoms with Crippen LogP contribution in [0.25, 0.3) is 0 Å². The van der Waals surface area contributed by atoms with Gasteiger partial charge in [0.25, 0.3) is 0 Å². The summed E-state index contributed by atoms with van der Waals surface area (Å²) in [6.07, 6.45) is 0.886. The Kier molecular flexibility index (Phi) is 4.41. The summed E-state index contributed by atoms with van der Waals surface area (Å²) in [5.41, 5.74) is 6.98. The molecule has 1 atom stereocenters. The van der Waals surface area contributed by atoms with Gasteiger partial charge in [-0.05, 0) is 6.07 Å². The van der Waals surface area contributed by atoms with E-state index in [1.54, 1.807) is 7.11 Å². The average Bonchev–Trinajstić information content (AvgIpc) is 2.39. The third-order valence-corrected chi connectivity index (χ3v) is 2.86. The quantitative estimate of drug-likeness (QED) is 0.475. The molecule has 18 heavy (non-hydrogen) atoms. The second-order valence-corrected chi connectivity index (χ2v) is 4.13. The molecule has 1 aliphatic rings. The summed E-state index contributed by atoms with van der Waals surface area (Å²) >= 11 is 0. The van der Waals surface area contributed by atoms with E-state index in [1.165, 1.54) is 0 Å². The lowest BCUT2D eigenvalue weighted by molar-refractivity contribution is 0.208. The highest BCUT2D eigenvalue weighted by atomic mass is 16.5. The Morgan fingerprint density at radius 1 is 1.56 bits per heavy atom. The topological polar surface area (TPSA) is 68.9 Å². The SMILES string of the molecule is COCCN=C(N)NC1CCOc2ccccc21. The van der Waals surface area contributed by atoms with Crippen molar-refractivity contribution in [3.05, 3.63) is 29.8 Å². The lowest BCUT2D eigenvalue weighted by atomic mass is 10.0. The van der Waals surface area contributed by atoms with Crippen molar-refractivity contribution >= 4 is 5.96 Å². The number of hydrogen-bond acceptors (Lipinski definition) is 3. The third-order valence-electron chi connectivity index (χ3n) is 2.86. The van der Waals surface area contributed by atoms with Gasteiger partial charge in [-0.25, -0.2) is 0 Å². The molecule has 5 heteroatoms. The molecule has 0 fully saturated rings.